The van der Waals surface area contributed by atoms with Crippen LogP contribution < -0.4 is 15.0 Å². The second-order valence-electron chi connectivity index (χ2n) is 7.55. The summed E-state index contributed by atoms with van der Waals surface area (Å²) < 4.78 is 12.0. The van der Waals surface area contributed by atoms with Gasteiger partial charge in [-0.25, -0.2) is 9.69 Å². The molecule has 0 unspecified atom stereocenters. The SMILES string of the molecule is CCOc1ccc(N2C(=O)c3ccc(C(=O)OCC(=O)Nc4cc(C)nn4C)cc3C2=O)cc1. The summed E-state index contributed by atoms with van der Waals surface area (Å²) in [4.78, 5) is 51.4. The standard InChI is InChI=1S/C24H22N4O6/c1-4-33-17-8-6-16(7-9-17)28-22(30)18-10-5-15(12-19(18)23(28)31)24(32)34-13-21(29)25-20-11-14(2)26-27(20)3/h5-12H,4,13H2,1-3H3,(H,25,29). The van der Waals surface area contributed by atoms with Crippen molar-refractivity contribution in [1.82, 2.24) is 9.78 Å². The second-order valence-corrected chi connectivity index (χ2v) is 7.55. The first kappa shape index (κ1) is 22.7. The number of esters is 1. The number of aryl methyl sites for hydroxylation is 2. The maximum atomic E-state index is 12.9. The van der Waals surface area contributed by atoms with Gasteiger partial charge in [-0.1, -0.05) is 0 Å². The molecule has 0 saturated carbocycles. The molecule has 1 N–H and O–H groups in total. The van der Waals surface area contributed by atoms with Gasteiger partial charge in [0.2, 0.25) is 0 Å². The third kappa shape index (κ3) is 4.38. The van der Waals surface area contributed by atoms with E-state index < -0.39 is 30.3 Å². The number of hydrogen-bond donors (Lipinski definition) is 1. The van der Waals surface area contributed by atoms with Crippen molar-refractivity contribution in [2.24, 2.45) is 7.05 Å². The summed E-state index contributed by atoms with van der Waals surface area (Å²) >= 11 is 0. The van der Waals surface area contributed by atoms with E-state index in [0.717, 1.165) is 10.6 Å². The average Bonchev–Trinajstić information content (AvgIpc) is 3.26. The summed E-state index contributed by atoms with van der Waals surface area (Å²) in [5.74, 6) is -1.28. The van der Waals surface area contributed by atoms with Gasteiger partial charge in [-0.2, -0.15) is 5.10 Å². The number of nitrogens with zero attached hydrogens (tertiary/aromatic N) is 3. The van der Waals surface area contributed by atoms with Crippen LogP contribution >= 0.6 is 0 Å². The van der Waals surface area contributed by atoms with Crippen molar-refractivity contribution in [1.29, 1.82) is 0 Å². The van der Waals surface area contributed by atoms with Crippen LogP contribution in [-0.4, -0.2) is 46.7 Å². The normalized spacial score (nSPS) is 12.5. The van der Waals surface area contributed by atoms with E-state index in [2.05, 4.69) is 10.4 Å². The molecule has 10 heteroatoms. The molecule has 0 spiro atoms. The smallest absolute Gasteiger partial charge is 0.338 e. The van der Waals surface area contributed by atoms with Gasteiger partial charge in [-0.3, -0.25) is 19.1 Å². The third-order valence-corrected chi connectivity index (χ3v) is 5.13. The Bertz CT molecular complexity index is 1300. The number of carbonyl (C=O) groups excluding carboxylic acids is 4. The van der Waals surface area contributed by atoms with E-state index >= 15 is 0 Å². The number of anilines is 2. The molecule has 1 aliphatic rings. The molecule has 2 heterocycles. The molecular formula is C24H22N4O6. The number of imide groups is 1. The molecule has 0 bridgehead atoms. The zero-order chi connectivity index (χ0) is 24.4. The molecule has 0 fully saturated rings. The van der Waals surface area contributed by atoms with E-state index in [1.54, 1.807) is 44.3 Å². The summed E-state index contributed by atoms with van der Waals surface area (Å²) in [7, 11) is 1.67. The van der Waals surface area contributed by atoms with E-state index in [0.29, 0.717) is 23.9 Å². The van der Waals surface area contributed by atoms with Gasteiger partial charge >= 0.3 is 5.97 Å². The Morgan fingerprint density at radius 3 is 2.35 bits per heavy atom. The van der Waals surface area contributed by atoms with Crippen molar-refractivity contribution in [3.63, 3.8) is 0 Å². The average molecular weight is 462 g/mol. The van der Waals surface area contributed by atoms with Crippen LogP contribution in [0.25, 0.3) is 0 Å². The Balaban J connectivity index is 1.44. The molecule has 4 rings (SSSR count). The van der Waals surface area contributed by atoms with Crippen LogP contribution in [0.5, 0.6) is 5.75 Å². The zero-order valence-electron chi connectivity index (χ0n) is 18.8. The van der Waals surface area contributed by atoms with Gasteiger partial charge in [0.1, 0.15) is 11.6 Å². The van der Waals surface area contributed by atoms with Gasteiger partial charge in [0.25, 0.3) is 17.7 Å². The number of benzene rings is 2. The van der Waals surface area contributed by atoms with Crippen LogP contribution in [0, 0.1) is 6.92 Å². The fraction of sp³-hybridized carbons (Fsp3) is 0.208. The topological polar surface area (TPSA) is 120 Å². The molecule has 1 aromatic heterocycles. The molecule has 2 aromatic carbocycles. The molecule has 0 atom stereocenters. The summed E-state index contributed by atoms with van der Waals surface area (Å²) in [5.41, 5.74) is 1.44. The lowest BCUT2D eigenvalue weighted by Crippen LogP contribution is -2.29. The Morgan fingerprint density at radius 1 is 1.00 bits per heavy atom. The maximum absolute atomic E-state index is 12.9. The quantitative estimate of drug-likeness (QED) is 0.423. The van der Waals surface area contributed by atoms with Crippen LogP contribution in [-0.2, 0) is 16.6 Å². The molecular weight excluding hydrogens is 440 g/mol. The lowest BCUT2D eigenvalue weighted by Gasteiger charge is -2.14. The molecule has 3 aromatic rings. The van der Waals surface area contributed by atoms with E-state index in [4.69, 9.17) is 9.47 Å². The highest BCUT2D eigenvalue weighted by atomic mass is 16.5. The molecule has 10 nitrogen and oxygen atoms in total. The van der Waals surface area contributed by atoms with Gasteiger partial charge < -0.3 is 14.8 Å². The van der Waals surface area contributed by atoms with Crippen LogP contribution in [0.15, 0.2) is 48.5 Å². The lowest BCUT2D eigenvalue weighted by atomic mass is 10.1. The van der Waals surface area contributed by atoms with Crippen LogP contribution in [0.1, 0.15) is 43.7 Å². The summed E-state index contributed by atoms with van der Waals surface area (Å²) in [6.45, 7) is 3.61. The predicted molar refractivity (Wildman–Crippen MR) is 122 cm³/mol. The summed E-state index contributed by atoms with van der Waals surface area (Å²) in [6, 6.07) is 12.3. The van der Waals surface area contributed by atoms with Crippen LogP contribution in [0.3, 0.4) is 0 Å². The fourth-order valence-electron chi connectivity index (χ4n) is 3.58. The van der Waals surface area contributed by atoms with Crippen LogP contribution in [0.2, 0.25) is 0 Å². The van der Waals surface area contributed by atoms with Gasteiger partial charge in [0.05, 0.1) is 34.7 Å². The fourth-order valence-corrected chi connectivity index (χ4v) is 3.58. The predicted octanol–water partition coefficient (Wildman–Crippen LogP) is 2.72. The highest BCUT2D eigenvalue weighted by Gasteiger charge is 2.37. The number of fused-ring (bicyclic) bond motifs is 1. The zero-order valence-corrected chi connectivity index (χ0v) is 18.8. The van der Waals surface area contributed by atoms with Crippen molar-refractivity contribution in [3.8, 4) is 5.75 Å². The Labute approximate surface area is 195 Å². The first-order valence-electron chi connectivity index (χ1n) is 10.5. The van der Waals surface area contributed by atoms with Gasteiger partial charge in [0, 0.05) is 13.1 Å². The minimum absolute atomic E-state index is 0.0534. The molecule has 174 valence electrons. The minimum atomic E-state index is -0.793. The lowest BCUT2D eigenvalue weighted by molar-refractivity contribution is -0.119. The van der Waals surface area contributed by atoms with Crippen molar-refractivity contribution >= 4 is 35.2 Å². The molecule has 1 aliphatic heterocycles. The number of aromatic nitrogens is 2. The first-order chi connectivity index (χ1) is 16.3. The highest BCUT2D eigenvalue weighted by Crippen LogP contribution is 2.30. The number of rotatable bonds is 7. The Hall–Kier alpha value is -4.47. The monoisotopic (exact) mass is 462 g/mol. The largest absolute Gasteiger partial charge is 0.494 e. The molecule has 0 saturated heterocycles. The van der Waals surface area contributed by atoms with E-state index in [9.17, 15) is 19.2 Å². The highest BCUT2D eigenvalue weighted by molar-refractivity contribution is 6.34. The van der Waals surface area contributed by atoms with Crippen molar-refractivity contribution < 1.29 is 28.7 Å². The second kappa shape index (κ2) is 9.18. The number of nitrogens with one attached hydrogen (secondary N) is 1. The molecule has 0 aliphatic carbocycles. The number of hydrogen-bond acceptors (Lipinski definition) is 7. The van der Waals surface area contributed by atoms with E-state index in [1.807, 2.05) is 6.92 Å². The van der Waals surface area contributed by atoms with Gasteiger partial charge in [-0.15, -0.1) is 0 Å². The van der Waals surface area contributed by atoms with Crippen molar-refractivity contribution in [3.05, 3.63) is 70.9 Å². The molecule has 0 radical (unpaired) electrons. The minimum Gasteiger partial charge on any atom is -0.494 e. The van der Waals surface area contributed by atoms with Gasteiger partial charge in [-0.05, 0) is 56.3 Å². The van der Waals surface area contributed by atoms with Gasteiger partial charge in [0.15, 0.2) is 6.61 Å². The molecule has 3 amide bonds. The number of carbonyl (C=O) groups is 4. The first-order valence-corrected chi connectivity index (χ1v) is 10.5. The Morgan fingerprint density at radius 2 is 1.71 bits per heavy atom. The number of ether oxygens (including phenoxy) is 2. The Kier molecular flexibility index (Phi) is 6.13. The molecule has 34 heavy (non-hydrogen) atoms. The van der Waals surface area contributed by atoms with Crippen molar-refractivity contribution in [2.75, 3.05) is 23.4 Å². The maximum Gasteiger partial charge on any atom is 0.338 e. The van der Waals surface area contributed by atoms with Crippen LogP contribution in [0.4, 0.5) is 11.5 Å². The summed E-state index contributed by atoms with van der Waals surface area (Å²) in [5, 5.41) is 6.72. The third-order valence-electron chi connectivity index (χ3n) is 5.13. The summed E-state index contributed by atoms with van der Waals surface area (Å²) in [6.07, 6.45) is 0. The van der Waals surface area contributed by atoms with Crippen molar-refractivity contribution in [2.45, 2.75) is 13.8 Å². The number of amides is 3. The van der Waals surface area contributed by atoms with E-state index in [-0.39, 0.29) is 16.7 Å². The van der Waals surface area contributed by atoms with E-state index in [1.165, 1.54) is 22.9 Å².